The summed E-state index contributed by atoms with van der Waals surface area (Å²) in [7, 11) is 0. The zero-order valence-corrected chi connectivity index (χ0v) is 12.9. The van der Waals surface area contributed by atoms with E-state index in [4.69, 9.17) is 10.5 Å². The molecule has 2 atom stereocenters. The van der Waals surface area contributed by atoms with Gasteiger partial charge < -0.3 is 15.4 Å². The van der Waals surface area contributed by atoms with Crippen molar-refractivity contribution in [3.8, 4) is 0 Å². The van der Waals surface area contributed by atoms with Crippen LogP contribution in [-0.4, -0.2) is 36.1 Å². The summed E-state index contributed by atoms with van der Waals surface area (Å²) in [6.07, 6.45) is 4.70. The average molecular weight is 339 g/mol. The quantitative estimate of drug-likeness (QED) is 0.801. The summed E-state index contributed by atoms with van der Waals surface area (Å²) in [4.78, 5) is 14.7. The summed E-state index contributed by atoms with van der Waals surface area (Å²) < 4.78 is 6.66. The fourth-order valence-corrected chi connectivity index (χ4v) is 3.76. The van der Waals surface area contributed by atoms with Gasteiger partial charge in [0.2, 0.25) is 0 Å². The van der Waals surface area contributed by atoms with E-state index in [1.54, 1.807) is 12.1 Å². The molecule has 2 unspecified atom stereocenters. The molecule has 2 fully saturated rings. The number of nitrogens with two attached hydrogens (primary N) is 1. The molecule has 5 heteroatoms. The van der Waals surface area contributed by atoms with Gasteiger partial charge >= 0.3 is 0 Å². The van der Waals surface area contributed by atoms with E-state index in [2.05, 4.69) is 15.9 Å². The molecule has 1 aliphatic heterocycles. The van der Waals surface area contributed by atoms with Crippen LogP contribution in [0.15, 0.2) is 22.7 Å². The second-order valence-electron chi connectivity index (χ2n) is 5.53. The van der Waals surface area contributed by atoms with Crippen molar-refractivity contribution in [3.63, 3.8) is 0 Å². The molecule has 2 aliphatic rings. The maximum absolute atomic E-state index is 12.8. The number of hydrogen-bond acceptors (Lipinski definition) is 3. The van der Waals surface area contributed by atoms with Crippen molar-refractivity contribution in [2.45, 2.75) is 37.8 Å². The Balaban J connectivity index is 1.84. The molecule has 3 rings (SSSR count). The van der Waals surface area contributed by atoms with Crippen LogP contribution in [-0.2, 0) is 4.74 Å². The number of hydrogen-bond donors (Lipinski definition) is 1. The number of halogens is 1. The lowest BCUT2D eigenvalue weighted by molar-refractivity contribution is -0.0752. The van der Waals surface area contributed by atoms with Gasteiger partial charge in [0.15, 0.2) is 0 Å². The lowest BCUT2D eigenvalue weighted by Gasteiger charge is -2.43. The van der Waals surface area contributed by atoms with Gasteiger partial charge in [0, 0.05) is 22.3 Å². The minimum atomic E-state index is 0.0678. The highest BCUT2D eigenvalue weighted by molar-refractivity contribution is 9.10. The maximum atomic E-state index is 12.8. The van der Waals surface area contributed by atoms with E-state index in [1.165, 1.54) is 12.8 Å². The van der Waals surface area contributed by atoms with Crippen molar-refractivity contribution in [2.24, 2.45) is 0 Å². The van der Waals surface area contributed by atoms with Crippen LogP contribution >= 0.6 is 15.9 Å². The largest absolute Gasteiger partial charge is 0.399 e. The highest BCUT2D eigenvalue weighted by Gasteiger charge is 2.36. The lowest BCUT2D eigenvalue weighted by Crippen LogP contribution is -2.54. The molecule has 1 saturated carbocycles. The monoisotopic (exact) mass is 338 g/mol. The van der Waals surface area contributed by atoms with Crippen molar-refractivity contribution >= 4 is 27.5 Å². The van der Waals surface area contributed by atoms with Crippen LogP contribution in [0.5, 0.6) is 0 Å². The fraction of sp³-hybridized carbons (Fsp3) is 0.533. The Kier molecular flexibility index (Phi) is 3.98. The molecule has 1 amide bonds. The highest BCUT2D eigenvalue weighted by Crippen LogP contribution is 2.30. The Hall–Kier alpha value is -1.07. The third kappa shape index (κ3) is 2.69. The summed E-state index contributed by atoms with van der Waals surface area (Å²) >= 11 is 3.40. The second-order valence-corrected chi connectivity index (χ2v) is 6.45. The first-order valence-corrected chi connectivity index (χ1v) is 7.93. The van der Waals surface area contributed by atoms with Gasteiger partial charge in [-0.15, -0.1) is 0 Å². The van der Waals surface area contributed by atoms with Crippen LogP contribution in [0.3, 0.4) is 0 Å². The summed E-state index contributed by atoms with van der Waals surface area (Å²) in [5, 5.41) is 0. The van der Waals surface area contributed by atoms with Crippen molar-refractivity contribution < 1.29 is 9.53 Å². The normalized spacial score (nSPS) is 26.1. The van der Waals surface area contributed by atoms with Crippen molar-refractivity contribution in [1.82, 2.24) is 4.90 Å². The summed E-state index contributed by atoms with van der Waals surface area (Å²) in [5.41, 5.74) is 7.10. The van der Waals surface area contributed by atoms with Crippen LogP contribution in [0.1, 0.15) is 36.0 Å². The van der Waals surface area contributed by atoms with Crippen LogP contribution in [0.2, 0.25) is 0 Å². The first kappa shape index (κ1) is 13.9. The summed E-state index contributed by atoms with van der Waals surface area (Å²) in [6.45, 7) is 1.31. The molecule has 2 N–H and O–H groups in total. The van der Waals surface area contributed by atoms with E-state index in [9.17, 15) is 4.79 Å². The molecule has 20 heavy (non-hydrogen) atoms. The Morgan fingerprint density at radius 1 is 1.30 bits per heavy atom. The summed E-state index contributed by atoms with van der Waals surface area (Å²) in [6, 6.07) is 5.62. The second kappa shape index (κ2) is 5.74. The minimum absolute atomic E-state index is 0.0678. The van der Waals surface area contributed by atoms with Gasteiger partial charge in [-0.1, -0.05) is 28.8 Å². The summed E-state index contributed by atoms with van der Waals surface area (Å²) in [5.74, 6) is 0.0678. The number of ether oxygens (including phenoxy) is 1. The Bertz CT molecular complexity index is 498. The molecule has 1 saturated heterocycles. The van der Waals surface area contributed by atoms with Gasteiger partial charge in [-0.3, -0.25) is 4.79 Å². The predicted octanol–water partition coefficient (Wildman–Crippen LogP) is 2.81. The van der Waals surface area contributed by atoms with E-state index in [0.717, 1.165) is 17.3 Å². The van der Waals surface area contributed by atoms with Crippen LogP contribution < -0.4 is 5.73 Å². The van der Waals surface area contributed by atoms with E-state index < -0.39 is 0 Å². The molecule has 0 radical (unpaired) electrons. The molecular weight excluding hydrogens is 320 g/mol. The number of carbonyl (C=O) groups excluding carboxylic acids is 1. The topological polar surface area (TPSA) is 55.6 Å². The van der Waals surface area contributed by atoms with Crippen LogP contribution in [0.4, 0.5) is 5.69 Å². The minimum Gasteiger partial charge on any atom is -0.399 e. The number of benzene rings is 1. The lowest BCUT2D eigenvalue weighted by atomic mass is 9.89. The number of nitrogen functional groups attached to an aromatic ring is 1. The van der Waals surface area contributed by atoms with Crippen LogP contribution in [0.25, 0.3) is 0 Å². The fourth-order valence-electron chi connectivity index (χ4n) is 3.25. The van der Waals surface area contributed by atoms with Gasteiger partial charge in [-0.05, 0) is 31.0 Å². The van der Waals surface area contributed by atoms with Gasteiger partial charge in [0.25, 0.3) is 5.91 Å². The van der Waals surface area contributed by atoms with E-state index in [0.29, 0.717) is 24.4 Å². The first-order valence-electron chi connectivity index (χ1n) is 7.14. The SMILES string of the molecule is Nc1cc(Br)cc(C(=O)N2CCOC3CCCCC32)c1. The molecule has 1 aromatic carbocycles. The highest BCUT2D eigenvalue weighted by atomic mass is 79.9. The zero-order chi connectivity index (χ0) is 14.1. The van der Waals surface area contributed by atoms with E-state index in [1.807, 2.05) is 11.0 Å². The Labute approximate surface area is 127 Å². The number of fused-ring (bicyclic) bond motifs is 1. The zero-order valence-electron chi connectivity index (χ0n) is 11.3. The van der Waals surface area contributed by atoms with Gasteiger partial charge in [-0.25, -0.2) is 0 Å². The maximum Gasteiger partial charge on any atom is 0.254 e. The molecule has 1 aromatic rings. The smallest absolute Gasteiger partial charge is 0.254 e. The molecule has 0 spiro atoms. The molecular formula is C15H19BrN2O2. The molecule has 1 heterocycles. The van der Waals surface area contributed by atoms with Crippen molar-refractivity contribution in [1.29, 1.82) is 0 Å². The third-order valence-electron chi connectivity index (χ3n) is 4.16. The number of amides is 1. The number of nitrogens with zero attached hydrogens (tertiary/aromatic N) is 1. The molecule has 1 aliphatic carbocycles. The van der Waals surface area contributed by atoms with E-state index >= 15 is 0 Å². The third-order valence-corrected chi connectivity index (χ3v) is 4.62. The average Bonchev–Trinajstić information content (AvgIpc) is 2.45. The molecule has 0 bridgehead atoms. The number of morpholine rings is 1. The molecule has 108 valence electrons. The first-order chi connectivity index (χ1) is 9.65. The molecule has 0 aromatic heterocycles. The number of rotatable bonds is 1. The number of anilines is 1. The number of carbonyl (C=O) groups is 1. The van der Waals surface area contributed by atoms with Crippen molar-refractivity contribution in [3.05, 3.63) is 28.2 Å². The molecule has 4 nitrogen and oxygen atoms in total. The van der Waals surface area contributed by atoms with Gasteiger partial charge in [0.05, 0.1) is 18.8 Å². The standard InChI is InChI=1S/C15H19BrN2O2/c16-11-7-10(8-12(17)9-11)15(19)18-5-6-20-14-4-2-1-3-13(14)18/h7-9,13-14H,1-6,17H2. The van der Waals surface area contributed by atoms with Gasteiger partial charge in [-0.2, -0.15) is 0 Å². The Morgan fingerprint density at radius 3 is 2.90 bits per heavy atom. The van der Waals surface area contributed by atoms with E-state index in [-0.39, 0.29) is 18.1 Å². The van der Waals surface area contributed by atoms with Gasteiger partial charge in [0.1, 0.15) is 0 Å². The van der Waals surface area contributed by atoms with Crippen molar-refractivity contribution in [2.75, 3.05) is 18.9 Å². The Morgan fingerprint density at radius 2 is 2.10 bits per heavy atom. The predicted molar refractivity (Wildman–Crippen MR) is 81.6 cm³/mol. The van der Waals surface area contributed by atoms with Crippen LogP contribution in [0, 0.1) is 0 Å².